The first-order chi connectivity index (χ1) is 11.2. The lowest BCUT2D eigenvalue weighted by molar-refractivity contribution is 0.0701. The molecule has 0 saturated carbocycles. The van der Waals surface area contributed by atoms with Crippen molar-refractivity contribution in [3.63, 3.8) is 0 Å². The number of carboxylic acid groups (broad SMARTS) is 1. The minimum atomic E-state index is -0.894. The molecule has 3 rings (SSSR count). The van der Waals surface area contributed by atoms with Gasteiger partial charge >= 0.3 is 5.97 Å². The quantitative estimate of drug-likeness (QED) is 0.862. The van der Waals surface area contributed by atoms with E-state index in [-0.39, 0.29) is 0 Å². The van der Waals surface area contributed by atoms with E-state index in [1.807, 2.05) is 37.3 Å². The second-order valence-electron chi connectivity index (χ2n) is 5.26. The monoisotopic (exact) mass is 327 g/mol. The van der Waals surface area contributed by atoms with Crippen molar-refractivity contribution in [1.29, 1.82) is 0 Å². The summed E-state index contributed by atoms with van der Waals surface area (Å²) < 4.78 is 5.39. The lowest BCUT2D eigenvalue weighted by atomic mass is 10.1. The number of carboxylic acids is 1. The van der Waals surface area contributed by atoms with Crippen molar-refractivity contribution in [2.45, 2.75) is 6.92 Å². The molecular formula is C18H17NO3S. The third-order valence-electron chi connectivity index (χ3n) is 3.73. The highest BCUT2D eigenvalue weighted by Gasteiger charge is 2.23. The second-order valence-corrected chi connectivity index (χ2v) is 6.26. The molecule has 1 N–H and O–H groups in total. The third kappa shape index (κ3) is 3.39. The maximum atomic E-state index is 11.5. The molecule has 1 aliphatic heterocycles. The van der Waals surface area contributed by atoms with Gasteiger partial charge in [0.25, 0.3) is 0 Å². The molecule has 0 amide bonds. The highest BCUT2D eigenvalue weighted by Crippen LogP contribution is 2.35. The van der Waals surface area contributed by atoms with Crippen LogP contribution in [-0.4, -0.2) is 37.4 Å². The zero-order chi connectivity index (χ0) is 16.2. The topological polar surface area (TPSA) is 49.8 Å². The molecule has 5 heteroatoms. The average Bonchev–Trinajstić information content (AvgIpc) is 2.91. The number of ether oxygens (including phenoxy) is 1. The molecule has 4 nitrogen and oxygen atoms in total. The van der Waals surface area contributed by atoms with Gasteiger partial charge in [-0.2, -0.15) is 0 Å². The molecular weight excluding hydrogens is 310 g/mol. The van der Waals surface area contributed by atoms with Crippen LogP contribution in [0.2, 0.25) is 0 Å². The Kier molecular flexibility index (Phi) is 4.65. The molecule has 0 aliphatic carbocycles. The predicted octanol–water partition coefficient (Wildman–Crippen LogP) is 2.99. The third-order valence-corrected chi connectivity index (χ3v) is 5.07. The Hall–Kier alpha value is -2.29. The fourth-order valence-electron chi connectivity index (χ4n) is 2.49. The molecule has 0 unspecified atom stereocenters. The van der Waals surface area contributed by atoms with Gasteiger partial charge in [0, 0.05) is 18.7 Å². The van der Waals surface area contributed by atoms with E-state index >= 15 is 0 Å². The number of morpholine rings is 1. The van der Waals surface area contributed by atoms with Crippen LogP contribution in [-0.2, 0) is 4.74 Å². The molecule has 1 aromatic heterocycles. The Morgan fingerprint density at radius 2 is 1.91 bits per heavy atom. The second kappa shape index (κ2) is 6.86. The Morgan fingerprint density at radius 1 is 1.22 bits per heavy atom. The maximum absolute atomic E-state index is 11.5. The van der Waals surface area contributed by atoms with Crippen molar-refractivity contribution in [3.8, 4) is 11.8 Å². The Bertz CT molecular complexity index is 765. The van der Waals surface area contributed by atoms with Crippen molar-refractivity contribution in [2.75, 3.05) is 31.2 Å². The molecule has 0 spiro atoms. The molecule has 2 aromatic rings. The van der Waals surface area contributed by atoms with E-state index in [1.54, 1.807) is 0 Å². The maximum Gasteiger partial charge on any atom is 0.346 e. The first-order valence-corrected chi connectivity index (χ1v) is 8.25. The highest BCUT2D eigenvalue weighted by atomic mass is 32.1. The van der Waals surface area contributed by atoms with Gasteiger partial charge in [0.1, 0.15) is 9.88 Å². The lowest BCUT2D eigenvalue weighted by Gasteiger charge is -2.27. The van der Waals surface area contributed by atoms with Crippen LogP contribution < -0.4 is 4.90 Å². The van der Waals surface area contributed by atoms with Gasteiger partial charge < -0.3 is 14.7 Å². The van der Waals surface area contributed by atoms with Crippen molar-refractivity contribution in [1.82, 2.24) is 0 Å². The fourth-order valence-corrected chi connectivity index (χ4v) is 3.65. The normalized spacial score (nSPS) is 14.2. The van der Waals surface area contributed by atoms with Gasteiger partial charge in [0.05, 0.1) is 18.8 Å². The number of aromatic carboxylic acids is 1. The average molecular weight is 327 g/mol. The van der Waals surface area contributed by atoms with Crippen LogP contribution in [0.5, 0.6) is 0 Å². The first-order valence-electron chi connectivity index (χ1n) is 7.43. The number of nitrogens with zero attached hydrogens (tertiary/aromatic N) is 1. The minimum Gasteiger partial charge on any atom is -0.477 e. The number of carbonyl (C=O) groups is 1. The smallest absolute Gasteiger partial charge is 0.346 e. The van der Waals surface area contributed by atoms with Crippen molar-refractivity contribution < 1.29 is 14.6 Å². The summed E-state index contributed by atoms with van der Waals surface area (Å²) in [6, 6.07) is 9.72. The number of rotatable bonds is 2. The van der Waals surface area contributed by atoms with Crippen LogP contribution in [0, 0.1) is 18.8 Å². The Morgan fingerprint density at radius 3 is 2.57 bits per heavy atom. The summed E-state index contributed by atoms with van der Waals surface area (Å²) in [4.78, 5) is 14.0. The van der Waals surface area contributed by atoms with Crippen LogP contribution >= 0.6 is 11.3 Å². The van der Waals surface area contributed by atoms with Crippen LogP contribution in [0.15, 0.2) is 30.3 Å². The Balaban J connectivity index is 2.03. The van der Waals surface area contributed by atoms with E-state index < -0.39 is 5.97 Å². The molecule has 1 aromatic carbocycles. The van der Waals surface area contributed by atoms with Gasteiger partial charge in [-0.1, -0.05) is 30.0 Å². The zero-order valence-corrected chi connectivity index (χ0v) is 13.7. The molecule has 2 heterocycles. The standard InChI is InChI=1S/C18H17NO3S/c1-13-15(8-7-14-5-3-2-4-6-14)17(23-16(13)18(20)21)19-9-11-22-12-10-19/h2-6H,9-12H2,1H3,(H,20,21). The molecule has 0 atom stereocenters. The van der Waals surface area contributed by atoms with Gasteiger partial charge in [0.2, 0.25) is 0 Å². The van der Waals surface area contributed by atoms with Crippen LogP contribution in [0.1, 0.15) is 26.4 Å². The summed E-state index contributed by atoms with van der Waals surface area (Å²) in [5, 5.41) is 10.3. The molecule has 1 saturated heterocycles. The van der Waals surface area contributed by atoms with Crippen molar-refractivity contribution in [2.24, 2.45) is 0 Å². The number of hydrogen-bond acceptors (Lipinski definition) is 4. The van der Waals surface area contributed by atoms with Gasteiger partial charge in [-0.3, -0.25) is 0 Å². The van der Waals surface area contributed by atoms with Gasteiger partial charge in [-0.15, -0.1) is 11.3 Å². The highest BCUT2D eigenvalue weighted by molar-refractivity contribution is 7.18. The van der Waals surface area contributed by atoms with Gasteiger partial charge in [-0.05, 0) is 24.6 Å². The SMILES string of the molecule is Cc1c(C(=O)O)sc(N2CCOCC2)c1C#Cc1ccccc1. The van der Waals surface area contributed by atoms with E-state index in [9.17, 15) is 9.90 Å². The number of thiophene rings is 1. The van der Waals surface area contributed by atoms with E-state index in [4.69, 9.17) is 4.74 Å². The van der Waals surface area contributed by atoms with Crippen LogP contribution in [0.3, 0.4) is 0 Å². The molecule has 1 aliphatic rings. The molecule has 0 radical (unpaired) electrons. The van der Waals surface area contributed by atoms with Gasteiger partial charge in [-0.25, -0.2) is 4.79 Å². The summed E-state index contributed by atoms with van der Waals surface area (Å²) in [7, 11) is 0. The molecule has 1 fully saturated rings. The zero-order valence-electron chi connectivity index (χ0n) is 12.8. The van der Waals surface area contributed by atoms with Crippen molar-refractivity contribution >= 4 is 22.3 Å². The number of benzene rings is 1. The van der Waals surface area contributed by atoms with Crippen LogP contribution in [0.4, 0.5) is 5.00 Å². The summed E-state index contributed by atoms with van der Waals surface area (Å²) in [5.74, 6) is 5.43. The summed E-state index contributed by atoms with van der Waals surface area (Å²) in [5.41, 5.74) is 2.48. The van der Waals surface area contributed by atoms with E-state index in [1.165, 1.54) is 11.3 Å². The number of anilines is 1. The summed E-state index contributed by atoms with van der Waals surface area (Å²) in [6.07, 6.45) is 0. The summed E-state index contributed by atoms with van der Waals surface area (Å²) >= 11 is 1.30. The fraction of sp³-hybridized carbons (Fsp3) is 0.278. The van der Waals surface area contributed by atoms with E-state index in [0.717, 1.165) is 34.8 Å². The predicted molar refractivity (Wildman–Crippen MR) is 91.5 cm³/mol. The first kappa shape index (κ1) is 15.6. The largest absolute Gasteiger partial charge is 0.477 e. The molecule has 0 bridgehead atoms. The number of hydrogen-bond donors (Lipinski definition) is 1. The van der Waals surface area contributed by atoms with Crippen LogP contribution in [0.25, 0.3) is 0 Å². The lowest BCUT2D eigenvalue weighted by Crippen LogP contribution is -2.36. The van der Waals surface area contributed by atoms with E-state index in [0.29, 0.717) is 18.1 Å². The summed E-state index contributed by atoms with van der Waals surface area (Å²) in [6.45, 7) is 4.67. The molecule has 23 heavy (non-hydrogen) atoms. The minimum absolute atomic E-state index is 0.365. The van der Waals surface area contributed by atoms with E-state index in [2.05, 4.69) is 16.7 Å². The molecule has 118 valence electrons. The Labute approximate surface area is 139 Å². The van der Waals surface area contributed by atoms with Crippen molar-refractivity contribution in [3.05, 3.63) is 51.9 Å². The van der Waals surface area contributed by atoms with Gasteiger partial charge in [0.15, 0.2) is 0 Å².